The van der Waals surface area contributed by atoms with Crippen LogP contribution in [0.2, 0.25) is 0 Å². The lowest BCUT2D eigenvalue weighted by atomic mass is 10.2. The predicted molar refractivity (Wildman–Crippen MR) is 54.4 cm³/mol. The third-order valence-electron chi connectivity index (χ3n) is 1.77. The number of hydrogen-bond donors (Lipinski definition) is 0. The number of carbonyl (C=O) groups is 1. The van der Waals surface area contributed by atoms with Gasteiger partial charge < -0.3 is 0 Å². The number of carbonyl (C=O) groups excluding carboxylic acids is 1. The zero-order valence-electron chi connectivity index (χ0n) is 7.38. The molecule has 0 aliphatic heterocycles. The minimum Gasteiger partial charge on any atom is -0.293 e. The van der Waals surface area contributed by atoms with Crippen LogP contribution >= 0.6 is 11.3 Å². The fourth-order valence-corrected chi connectivity index (χ4v) is 1.67. The number of hydrogen-bond acceptors (Lipinski definition) is 4. The van der Waals surface area contributed by atoms with Crippen molar-refractivity contribution in [3.8, 4) is 0 Å². The molecule has 0 bridgehead atoms. The summed E-state index contributed by atoms with van der Waals surface area (Å²) >= 11 is 1.36. The van der Waals surface area contributed by atoms with Gasteiger partial charge in [0.1, 0.15) is 0 Å². The largest absolute Gasteiger partial charge is 0.293 e. The highest BCUT2D eigenvalue weighted by Crippen LogP contribution is 2.09. The number of aromatic nitrogens is 2. The van der Waals surface area contributed by atoms with Gasteiger partial charge >= 0.3 is 0 Å². The maximum atomic E-state index is 11.6. The molecule has 0 aliphatic rings. The van der Waals surface area contributed by atoms with Crippen molar-refractivity contribution >= 4 is 17.1 Å². The lowest BCUT2D eigenvalue weighted by Crippen LogP contribution is -2.02. The van der Waals surface area contributed by atoms with Crippen molar-refractivity contribution in [2.45, 2.75) is 6.42 Å². The van der Waals surface area contributed by atoms with Gasteiger partial charge in [-0.3, -0.25) is 14.8 Å². The molecule has 0 N–H and O–H groups in total. The molecule has 2 aromatic heterocycles. The van der Waals surface area contributed by atoms with Crippen molar-refractivity contribution < 1.29 is 4.79 Å². The Kier molecular flexibility index (Phi) is 2.65. The third-order valence-corrected chi connectivity index (χ3v) is 2.59. The Labute approximate surface area is 85.5 Å². The van der Waals surface area contributed by atoms with E-state index in [1.54, 1.807) is 17.9 Å². The molecule has 0 amide bonds. The van der Waals surface area contributed by atoms with Crippen LogP contribution in [0, 0.1) is 0 Å². The summed E-state index contributed by atoms with van der Waals surface area (Å²) in [4.78, 5) is 20.3. The fourth-order valence-electron chi connectivity index (χ4n) is 1.11. The summed E-state index contributed by atoms with van der Waals surface area (Å²) < 4.78 is 0. The summed E-state index contributed by atoms with van der Waals surface area (Å²) in [5.74, 6) is 0.0752. The van der Waals surface area contributed by atoms with Gasteiger partial charge in [-0.2, -0.15) is 0 Å². The standard InChI is InChI=1S/C10H8N2OS/c13-9(10-6-11-7-14-10)5-8-3-1-2-4-12-8/h1-4,6-7H,5H2. The molecule has 4 heteroatoms. The molecule has 0 aliphatic carbocycles. The van der Waals surface area contributed by atoms with Crippen LogP contribution in [0.4, 0.5) is 0 Å². The molecule has 0 aromatic carbocycles. The van der Waals surface area contributed by atoms with Crippen LogP contribution in [-0.2, 0) is 6.42 Å². The molecular weight excluding hydrogens is 196 g/mol. The summed E-state index contributed by atoms with van der Waals surface area (Å²) in [5, 5.41) is 0. The van der Waals surface area contributed by atoms with Gasteiger partial charge in [0.15, 0.2) is 5.78 Å². The Balaban J connectivity index is 2.10. The van der Waals surface area contributed by atoms with E-state index in [1.165, 1.54) is 11.3 Å². The Morgan fingerprint density at radius 1 is 1.43 bits per heavy atom. The van der Waals surface area contributed by atoms with Crippen molar-refractivity contribution in [3.05, 3.63) is 46.7 Å². The molecule has 0 atom stereocenters. The highest BCUT2D eigenvalue weighted by Gasteiger charge is 2.08. The second-order valence-corrected chi connectivity index (χ2v) is 3.67. The van der Waals surface area contributed by atoms with Gasteiger partial charge in [-0.15, -0.1) is 11.3 Å². The van der Waals surface area contributed by atoms with Crippen LogP contribution in [0.5, 0.6) is 0 Å². The van der Waals surface area contributed by atoms with E-state index in [4.69, 9.17) is 0 Å². The van der Waals surface area contributed by atoms with E-state index in [1.807, 2.05) is 18.2 Å². The first kappa shape index (κ1) is 9.02. The number of pyridine rings is 1. The summed E-state index contributed by atoms with van der Waals surface area (Å²) in [7, 11) is 0. The maximum absolute atomic E-state index is 11.6. The topological polar surface area (TPSA) is 42.9 Å². The van der Waals surface area contributed by atoms with Crippen LogP contribution in [-0.4, -0.2) is 15.8 Å². The van der Waals surface area contributed by atoms with Gasteiger partial charge in [0.25, 0.3) is 0 Å². The van der Waals surface area contributed by atoms with Gasteiger partial charge in [0.05, 0.1) is 16.8 Å². The van der Waals surface area contributed by atoms with E-state index in [0.29, 0.717) is 11.3 Å². The quantitative estimate of drug-likeness (QED) is 0.718. The van der Waals surface area contributed by atoms with Crippen LogP contribution in [0.15, 0.2) is 36.1 Å². The minimum absolute atomic E-state index is 0.0752. The van der Waals surface area contributed by atoms with Gasteiger partial charge in [-0.05, 0) is 12.1 Å². The zero-order valence-corrected chi connectivity index (χ0v) is 8.20. The van der Waals surface area contributed by atoms with Crippen LogP contribution in [0.1, 0.15) is 15.4 Å². The average Bonchev–Trinajstić information content (AvgIpc) is 2.72. The molecule has 2 heterocycles. The minimum atomic E-state index is 0.0752. The first-order valence-electron chi connectivity index (χ1n) is 4.18. The molecule has 2 rings (SSSR count). The van der Waals surface area contributed by atoms with E-state index in [2.05, 4.69) is 9.97 Å². The maximum Gasteiger partial charge on any atom is 0.180 e. The molecule has 2 aromatic rings. The lowest BCUT2D eigenvalue weighted by Gasteiger charge is -1.96. The number of thiazole rings is 1. The predicted octanol–water partition coefficient (Wildman–Crippen LogP) is 1.96. The van der Waals surface area contributed by atoms with E-state index in [9.17, 15) is 4.79 Å². The lowest BCUT2D eigenvalue weighted by molar-refractivity contribution is 0.0995. The molecule has 14 heavy (non-hydrogen) atoms. The molecule has 0 saturated heterocycles. The third kappa shape index (κ3) is 2.03. The second-order valence-electron chi connectivity index (χ2n) is 2.79. The van der Waals surface area contributed by atoms with E-state index >= 15 is 0 Å². The van der Waals surface area contributed by atoms with Gasteiger partial charge in [-0.25, -0.2) is 0 Å². The first-order chi connectivity index (χ1) is 6.86. The summed E-state index contributed by atoms with van der Waals surface area (Å²) in [6, 6.07) is 5.56. The van der Waals surface area contributed by atoms with Crippen molar-refractivity contribution in [3.63, 3.8) is 0 Å². The van der Waals surface area contributed by atoms with E-state index in [-0.39, 0.29) is 5.78 Å². The summed E-state index contributed by atoms with van der Waals surface area (Å²) in [5.41, 5.74) is 2.46. The Morgan fingerprint density at radius 2 is 2.36 bits per heavy atom. The number of Topliss-reactive ketones (excluding diaryl/α,β-unsaturated/α-hetero) is 1. The van der Waals surface area contributed by atoms with Crippen LogP contribution < -0.4 is 0 Å². The van der Waals surface area contributed by atoms with Crippen LogP contribution in [0.25, 0.3) is 0 Å². The van der Waals surface area contributed by atoms with Gasteiger partial charge in [-0.1, -0.05) is 6.07 Å². The van der Waals surface area contributed by atoms with E-state index < -0.39 is 0 Å². The Bertz CT molecular complexity index is 411. The molecule has 3 nitrogen and oxygen atoms in total. The fraction of sp³-hybridized carbons (Fsp3) is 0.100. The molecule has 0 spiro atoms. The Morgan fingerprint density at radius 3 is 3.00 bits per heavy atom. The number of rotatable bonds is 3. The highest BCUT2D eigenvalue weighted by molar-refractivity contribution is 7.11. The highest BCUT2D eigenvalue weighted by atomic mass is 32.1. The molecule has 0 fully saturated rings. The van der Waals surface area contributed by atoms with E-state index in [0.717, 1.165) is 5.69 Å². The Hall–Kier alpha value is -1.55. The average molecular weight is 204 g/mol. The van der Waals surface area contributed by atoms with Crippen LogP contribution in [0.3, 0.4) is 0 Å². The molecular formula is C10H8N2OS. The first-order valence-corrected chi connectivity index (χ1v) is 5.06. The molecule has 0 unspecified atom stereocenters. The van der Waals surface area contributed by atoms with Crippen molar-refractivity contribution in [2.75, 3.05) is 0 Å². The summed E-state index contributed by atoms with van der Waals surface area (Å²) in [6.07, 6.45) is 3.63. The molecule has 0 radical (unpaired) electrons. The molecule has 70 valence electrons. The van der Waals surface area contributed by atoms with Gasteiger partial charge in [0.2, 0.25) is 0 Å². The van der Waals surface area contributed by atoms with Crippen molar-refractivity contribution in [2.24, 2.45) is 0 Å². The normalized spacial score (nSPS) is 10.0. The monoisotopic (exact) mass is 204 g/mol. The smallest absolute Gasteiger partial charge is 0.180 e. The zero-order chi connectivity index (χ0) is 9.80. The second kappa shape index (κ2) is 4.11. The SMILES string of the molecule is O=C(Cc1ccccn1)c1cncs1. The van der Waals surface area contributed by atoms with Gasteiger partial charge in [0, 0.05) is 18.1 Å². The van der Waals surface area contributed by atoms with Crippen molar-refractivity contribution in [1.29, 1.82) is 0 Å². The number of nitrogens with zero attached hydrogens (tertiary/aromatic N) is 2. The van der Waals surface area contributed by atoms with Crippen molar-refractivity contribution in [1.82, 2.24) is 9.97 Å². The molecule has 0 saturated carbocycles. The summed E-state index contributed by atoms with van der Waals surface area (Å²) in [6.45, 7) is 0. The number of ketones is 1.